The van der Waals surface area contributed by atoms with Crippen LogP contribution in [-0.2, 0) is 11.1 Å². The quantitative estimate of drug-likeness (QED) is 0.521. The lowest BCUT2D eigenvalue weighted by Gasteiger charge is -1.97. The van der Waals surface area contributed by atoms with E-state index in [0.29, 0.717) is 0 Å². The molecule has 0 bridgehead atoms. The fourth-order valence-corrected chi connectivity index (χ4v) is 0.668. The first-order valence-corrected chi connectivity index (χ1v) is 3.36. The highest BCUT2D eigenvalue weighted by atomic mass is 32.2. The van der Waals surface area contributed by atoms with E-state index in [1.165, 1.54) is 0 Å². The minimum absolute atomic E-state index is 0.188. The second-order valence-electron chi connectivity index (χ2n) is 1.32. The summed E-state index contributed by atoms with van der Waals surface area (Å²) in [5.41, 5.74) is 4.80. The van der Waals surface area contributed by atoms with Crippen LogP contribution in [0.1, 0.15) is 0 Å². The lowest BCUT2D eigenvalue weighted by molar-refractivity contribution is 0.369. The van der Waals surface area contributed by atoms with Crippen LogP contribution in [0.25, 0.3) is 0 Å². The molecule has 0 radical (unpaired) electrons. The largest absolute Gasteiger partial charge is 0.328 e. The van der Waals surface area contributed by atoms with Crippen molar-refractivity contribution in [3.05, 3.63) is 0 Å². The number of halogens is 1. The molecule has 0 saturated carbocycles. The molecule has 8 heavy (non-hydrogen) atoms. The summed E-state index contributed by atoms with van der Waals surface area (Å²) >= 11 is -2.05. The average molecular weight is 141 g/mol. The van der Waals surface area contributed by atoms with Gasteiger partial charge in [-0.3, -0.25) is 0 Å². The van der Waals surface area contributed by atoms with E-state index in [1.807, 2.05) is 0 Å². The molecule has 3 N–H and O–H groups in total. The fraction of sp³-hybridized carbons (Fsp3) is 1.00. The third-order valence-electron chi connectivity index (χ3n) is 0.579. The van der Waals surface area contributed by atoms with Gasteiger partial charge in [-0.05, 0) is 0 Å². The Morgan fingerprint density at radius 3 is 2.50 bits per heavy atom. The highest BCUT2D eigenvalue weighted by Crippen LogP contribution is 1.88. The topological polar surface area (TPSA) is 63.3 Å². The molecule has 0 heterocycles. The monoisotopic (exact) mass is 141 g/mol. The zero-order chi connectivity index (χ0) is 6.57. The van der Waals surface area contributed by atoms with E-state index in [4.69, 9.17) is 10.3 Å². The molecule has 0 spiro atoms. The van der Waals surface area contributed by atoms with Crippen molar-refractivity contribution in [2.24, 2.45) is 5.73 Å². The summed E-state index contributed by atoms with van der Waals surface area (Å²) in [5.74, 6) is -0.378. The molecule has 2 unspecified atom stereocenters. The van der Waals surface area contributed by atoms with Gasteiger partial charge in [-0.25, -0.2) is 8.60 Å². The van der Waals surface area contributed by atoms with E-state index in [9.17, 15) is 8.60 Å². The number of alkyl halides is 1. The summed E-state index contributed by atoms with van der Waals surface area (Å²) in [7, 11) is 0. The van der Waals surface area contributed by atoms with E-state index in [0.717, 1.165) is 0 Å². The maximum atomic E-state index is 11.9. The van der Waals surface area contributed by atoms with Crippen LogP contribution in [-0.4, -0.2) is 27.2 Å². The van der Waals surface area contributed by atoms with Crippen molar-refractivity contribution in [2.75, 3.05) is 12.3 Å². The lowest BCUT2D eigenvalue weighted by atomic mass is 10.5. The van der Waals surface area contributed by atoms with Crippen molar-refractivity contribution in [3.63, 3.8) is 0 Å². The fourth-order valence-electron chi connectivity index (χ4n) is 0.223. The van der Waals surface area contributed by atoms with Crippen molar-refractivity contribution >= 4 is 11.1 Å². The van der Waals surface area contributed by atoms with Crippen LogP contribution in [0.2, 0.25) is 0 Å². The molecule has 0 rings (SSSR count). The normalized spacial score (nSPS) is 17.9. The van der Waals surface area contributed by atoms with E-state index in [2.05, 4.69) is 0 Å². The number of rotatable bonds is 3. The molecule has 0 fully saturated rings. The van der Waals surface area contributed by atoms with Gasteiger partial charge in [0.1, 0.15) is 6.17 Å². The Hall–Kier alpha value is -0.0000000000000000486. The Morgan fingerprint density at radius 1 is 1.88 bits per heavy atom. The maximum absolute atomic E-state index is 11.9. The van der Waals surface area contributed by atoms with E-state index in [1.54, 1.807) is 0 Å². The Bertz CT molecular complexity index is 89.4. The number of hydrogen-bond donors (Lipinski definition) is 2. The SMILES string of the molecule is NCC(F)CS(=O)O. The van der Waals surface area contributed by atoms with Crippen LogP contribution in [0.15, 0.2) is 0 Å². The van der Waals surface area contributed by atoms with Gasteiger partial charge < -0.3 is 10.3 Å². The highest BCUT2D eigenvalue weighted by molar-refractivity contribution is 7.79. The Labute approximate surface area is 49.4 Å². The highest BCUT2D eigenvalue weighted by Gasteiger charge is 2.05. The first-order valence-electron chi connectivity index (χ1n) is 2.08. The molecule has 50 valence electrons. The molecular formula is C3H8FNO2S. The minimum Gasteiger partial charge on any atom is -0.328 e. The van der Waals surface area contributed by atoms with Crippen LogP contribution in [0, 0.1) is 0 Å². The molecule has 2 atom stereocenters. The van der Waals surface area contributed by atoms with E-state index in [-0.39, 0.29) is 12.3 Å². The van der Waals surface area contributed by atoms with Crippen LogP contribution >= 0.6 is 0 Å². The summed E-state index contributed by atoms with van der Waals surface area (Å²) in [4.78, 5) is 0. The smallest absolute Gasteiger partial charge is 0.155 e. The third-order valence-corrected chi connectivity index (χ3v) is 1.23. The average Bonchev–Trinajstić information content (AvgIpc) is 1.65. The van der Waals surface area contributed by atoms with Crippen LogP contribution < -0.4 is 5.73 Å². The molecule has 5 heteroatoms. The van der Waals surface area contributed by atoms with Gasteiger partial charge >= 0.3 is 0 Å². The van der Waals surface area contributed by atoms with Crippen molar-refractivity contribution < 1.29 is 13.2 Å². The zero-order valence-electron chi connectivity index (χ0n) is 4.21. The van der Waals surface area contributed by atoms with E-state index >= 15 is 0 Å². The summed E-state index contributed by atoms with van der Waals surface area (Å²) in [6, 6.07) is 0. The third kappa shape index (κ3) is 4.17. The van der Waals surface area contributed by atoms with Gasteiger partial charge in [-0.1, -0.05) is 0 Å². The van der Waals surface area contributed by atoms with Gasteiger partial charge in [0.05, 0.1) is 5.75 Å². The molecule has 0 aromatic carbocycles. The Morgan fingerprint density at radius 2 is 2.38 bits per heavy atom. The van der Waals surface area contributed by atoms with Gasteiger partial charge in [0.2, 0.25) is 0 Å². The molecule has 0 aromatic heterocycles. The first kappa shape index (κ1) is 8.00. The first-order chi connectivity index (χ1) is 3.66. The Balaban J connectivity index is 3.24. The lowest BCUT2D eigenvalue weighted by Crippen LogP contribution is -2.21. The van der Waals surface area contributed by atoms with Gasteiger partial charge in [-0.15, -0.1) is 0 Å². The second-order valence-corrected chi connectivity index (χ2v) is 2.30. The predicted molar refractivity (Wildman–Crippen MR) is 29.6 cm³/mol. The van der Waals surface area contributed by atoms with Crippen molar-refractivity contribution in [2.45, 2.75) is 6.17 Å². The van der Waals surface area contributed by atoms with Crippen molar-refractivity contribution in [1.29, 1.82) is 0 Å². The Kier molecular flexibility index (Phi) is 3.94. The molecule has 0 aromatic rings. The summed E-state index contributed by atoms with van der Waals surface area (Å²) in [6.07, 6.45) is -1.35. The molecule has 0 aliphatic carbocycles. The summed E-state index contributed by atoms with van der Waals surface area (Å²) in [5, 5.41) is 0. The van der Waals surface area contributed by atoms with E-state index < -0.39 is 17.3 Å². The second kappa shape index (κ2) is 3.94. The van der Waals surface area contributed by atoms with Crippen molar-refractivity contribution in [3.8, 4) is 0 Å². The van der Waals surface area contributed by atoms with Gasteiger partial charge in [0.15, 0.2) is 11.1 Å². The van der Waals surface area contributed by atoms with Gasteiger partial charge in [0, 0.05) is 6.54 Å². The summed E-state index contributed by atoms with van der Waals surface area (Å²) in [6.45, 7) is -0.188. The standard InChI is InChI=1S/C3H8FNO2S/c4-3(1-5)2-8(6)7/h3H,1-2,5H2,(H,6,7). The zero-order valence-corrected chi connectivity index (χ0v) is 5.03. The molecule has 0 saturated heterocycles. The van der Waals surface area contributed by atoms with Gasteiger partial charge in [0.25, 0.3) is 0 Å². The molecule has 0 aliphatic heterocycles. The van der Waals surface area contributed by atoms with Crippen LogP contribution in [0.3, 0.4) is 0 Å². The minimum atomic E-state index is -2.05. The van der Waals surface area contributed by atoms with Crippen LogP contribution in [0.4, 0.5) is 4.39 Å². The molecule has 0 aliphatic rings. The summed E-state index contributed by atoms with van der Waals surface area (Å²) < 4.78 is 29.7. The van der Waals surface area contributed by atoms with Gasteiger partial charge in [-0.2, -0.15) is 0 Å². The predicted octanol–water partition coefficient (Wildman–Crippen LogP) is -0.495. The van der Waals surface area contributed by atoms with Crippen molar-refractivity contribution in [1.82, 2.24) is 0 Å². The number of hydrogen-bond acceptors (Lipinski definition) is 2. The molecule has 0 amide bonds. The maximum Gasteiger partial charge on any atom is 0.155 e. The molecule has 3 nitrogen and oxygen atoms in total. The molecular weight excluding hydrogens is 133 g/mol. The number of nitrogens with two attached hydrogens (primary N) is 1. The van der Waals surface area contributed by atoms with Crippen LogP contribution in [0.5, 0.6) is 0 Å².